The van der Waals surface area contributed by atoms with Crippen molar-refractivity contribution in [2.45, 2.75) is 19.0 Å². The predicted octanol–water partition coefficient (Wildman–Crippen LogP) is 5.99. The van der Waals surface area contributed by atoms with Crippen LogP contribution in [0, 0.1) is 25.2 Å². The first-order valence-electron chi connectivity index (χ1n) is 12.7. The van der Waals surface area contributed by atoms with Gasteiger partial charge in [-0.1, -0.05) is 83.6 Å². The van der Waals surface area contributed by atoms with E-state index in [1.807, 2.05) is 86.6 Å². The van der Waals surface area contributed by atoms with Crippen LogP contribution in [0.2, 0.25) is 0 Å². The molecule has 2 N–H and O–H groups in total. The number of thioether (sulfide) groups is 1. The number of carbonyl (C=O) groups is 1. The number of benzene rings is 3. The minimum Gasteiger partial charge on any atom is -0.510 e. The highest BCUT2D eigenvalue weighted by Crippen LogP contribution is 2.31. The highest BCUT2D eigenvalue weighted by molar-refractivity contribution is 7.99. The molecule has 41 heavy (non-hydrogen) atoms. The van der Waals surface area contributed by atoms with Crippen molar-refractivity contribution in [1.82, 2.24) is 30.0 Å². The fourth-order valence-corrected chi connectivity index (χ4v) is 4.39. The number of amides is 1. The molecular formula is C31H29N7O2S. The average Bonchev–Trinajstić information content (AvgIpc) is 3.41. The molecule has 0 saturated heterocycles. The maximum atomic E-state index is 10.7. The van der Waals surface area contributed by atoms with E-state index in [9.17, 15) is 15.2 Å². The number of carbonyl (C=O) groups excluding carboxylic acids is 1. The van der Waals surface area contributed by atoms with Crippen LogP contribution in [0.5, 0.6) is 0 Å². The number of aryl methyl sites for hydroxylation is 2. The van der Waals surface area contributed by atoms with Gasteiger partial charge in [0.25, 0.3) is 0 Å². The van der Waals surface area contributed by atoms with Gasteiger partial charge in [-0.2, -0.15) is 5.26 Å². The van der Waals surface area contributed by atoms with Gasteiger partial charge >= 0.3 is 0 Å². The Morgan fingerprint density at radius 1 is 0.927 bits per heavy atom. The normalized spacial score (nSPS) is 11.2. The zero-order chi connectivity index (χ0) is 29.4. The third-order valence-electron chi connectivity index (χ3n) is 5.89. The van der Waals surface area contributed by atoms with Crippen LogP contribution in [0.3, 0.4) is 0 Å². The Labute approximate surface area is 242 Å². The molecule has 10 heteroatoms. The minimum atomic E-state index is -0.107. The summed E-state index contributed by atoms with van der Waals surface area (Å²) in [5, 5.41) is 29.6. The van der Waals surface area contributed by atoms with E-state index in [-0.39, 0.29) is 17.1 Å². The van der Waals surface area contributed by atoms with Gasteiger partial charge in [-0.3, -0.25) is 4.79 Å². The number of imidazole rings is 1. The van der Waals surface area contributed by atoms with E-state index in [1.165, 1.54) is 16.7 Å². The number of hydrogen-bond acceptors (Lipinski definition) is 8. The van der Waals surface area contributed by atoms with Crippen LogP contribution in [-0.4, -0.2) is 61.4 Å². The fraction of sp³-hybridized carbons (Fsp3) is 0.161. The molecule has 0 atom stereocenters. The van der Waals surface area contributed by atoms with Gasteiger partial charge in [0, 0.05) is 25.2 Å². The lowest BCUT2D eigenvalue weighted by Crippen LogP contribution is -2.06. The third kappa shape index (κ3) is 7.35. The van der Waals surface area contributed by atoms with E-state index in [1.54, 1.807) is 14.1 Å². The lowest BCUT2D eigenvalue weighted by Gasteiger charge is -2.10. The Balaban J connectivity index is 0.000000714. The molecule has 0 aliphatic carbocycles. The molecule has 0 unspecified atom stereocenters. The molecule has 0 radical (unpaired) electrons. The summed E-state index contributed by atoms with van der Waals surface area (Å²) < 4.78 is 0. The monoisotopic (exact) mass is 563 g/mol. The minimum absolute atomic E-state index is 0.0849. The summed E-state index contributed by atoms with van der Waals surface area (Å²) >= 11 is 1.21. The summed E-state index contributed by atoms with van der Waals surface area (Å²) in [4.78, 5) is 23.2. The van der Waals surface area contributed by atoms with E-state index in [2.05, 4.69) is 26.2 Å². The lowest BCUT2D eigenvalue weighted by molar-refractivity contribution is -0.115. The number of aromatic nitrogens is 5. The topological polar surface area (TPSA) is 132 Å². The average molecular weight is 564 g/mol. The molecule has 0 aliphatic rings. The number of H-pyrrole nitrogens is 1. The maximum absolute atomic E-state index is 10.7. The number of rotatable bonds is 7. The Kier molecular flexibility index (Phi) is 9.45. The number of para-hydroxylation sites is 2. The summed E-state index contributed by atoms with van der Waals surface area (Å²) in [5.74, 6) is 0.314. The van der Waals surface area contributed by atoms with E-state index < -0.39 is 0 Å². The Morgan fingerprint density at radius 3 is 2.07 bits per heavy atom. The van der Waals surface area contributed by atoms with Crippen molar-refractivity contribution in [3.05, 3.63) is 95.5 Å². The van der Waals surface area contributed by atoms with Crippen molar-refractivity contribution in [1.29, 1.82) is 5.26 Å². The summed E-state index contributed by atoms with van der Waals surface area (Å²) in [6.07, 6.45) is 0.750. The molecule has 0 bridgehead atoms. The second-order valence-electron chi connectivity index (χ2n) is 9.42. The van der Waals surface area contributed by atoms with Crippen molar-refractivity contribution in [2.75, 3.05) is 19.8 Å². The van der Waals surface area contributed by atoms with Crippen molar-refractivity contribution in [2.24, 2.45) is 0 Å². The first-order chi connectivity index (χ1) is 19.8. The van der Waals surface area contributed by atoms with Crippen LogP contribution >= 0.6 is 11.8 Å². The predicted molar refractivity (Wildman–Crippen MR) is 162 cm³/mol. The van der Waals surface area contributed by atoms with Crippen molar-refractivity contribution >= 4 is 34.8 Å². The number of aliphatic hydroxyl groups excluding tert-OH is 1. The third-order valence-corrected chi connectivity index (χ3v) is 6.74. The molecule has 1 amide bonds. The van der Waals surface area contributed by atoms with Crippen LogP contribution in [0.4, 0.5) is 0 Å². The molecule has 2 heterocycles. The van der Waals surface area contributed by atoms with Crippen LogP contribution < -0.4 is 0 Å². The quantitative estimate of drug-likeness (QED) is 0.107. The maximum Gasteiger partial charge on any atom is 0.210 e. The Morgan fingerprint density at radius 2 is 1.51 bits per heavy atom. The second-order valence-corrected chi connectivity index (χ2v) is 10.4. The first kappa shape index (κ1) is 29.0. The molecule has 0 fully saturated rings. The van der Waals surface area contributed by atoms with Crippen LogP contribution in [0.25, 0.3) is 39.1 Å². The second kappa shape index (κ2) is 13.4. The molecule has 3 aromatic carbocycles. The molecule has 5 rings (SSSR count). The van der Waals surface area contributed by atoms with Crippen molar-refractivity contribution in [3.8, 4) is 28.6 Å². The lowest BCUT2D eigenvalue weighted by atomic mass is 10.0. The van der Waals surface area contributed by atoms with Gasteiger partial charge in [-0.25, -0.2) is 9.97 Å². The van der Waals surface area contributed by atoms with Crippen LogP contribution in [-0.2, 0) is 4.79 Å². The van der Waals surface area contributed by atoms with Gasteiger partial charge in [0.15, 0.2) is 5.82 Å². The summed E-state index contributed by atoms with van der Waals surface area (Å²) in [6.45, 7) is 4.07. The number of aliphatic hydroxyl groups is 1. The molecule has 0 aliphatic heterocycles. The molecule has 9 nitrogen and oxygen atoms in total. The molecule has 0 spiro atoms. The van der Waals surface area contributed by atoms with Crippen LogP contribution in [0.15, 0.2) is 83.7 Å². The number of nitrogens with zero attached hydrogens (tertiary/aromatic N) is 6. The number of allylic oxidation sites excluding steroid dienone is 1. The number of hydrogen-bond donors (Lipinski definition) is 2. The highest BCUT2D eigenvalue weighted by Gasteiger charge is 2.17. The largest absolute Gasteiger partial charge is 0.510 e. The molecule has 206 valence electrons. The van der Waals surface area contributed by atoms with Crippen molar-refractivity contribution in [3.63, 3.8) is 0 Å². The standard InChI is InChI=1S/C28H22N6OS.C3H7NO/c1-17-7-11-19(12-8-17)25-26(20-13-9-18(2)10-14-20)33-34-28(32-25)36-16-24(35)21(15-29)27-30-22-5-3-4-6-23(22)31-27;1-4(2)3-5/h3-14,35H,16H2,1-2H3,(H,30,31);3H,1-2H3/b24-21-;. The zero-order valence-electron chi connectivity index (χ0n) is 23.2. The highest BCUT2D eigenvalue weighted by atomic mass is 32.2. The SMILES string of the molecule is CN(C)C=O.Cc1ccc(-c2nnc(SC/C(O)=C(\C#N)c3nc4ccccc4[nH]3)nc2-c2ccc(C)cc2)cc1. The summed E-state index contributed by atoms with van der Waals surface area (Å²) in [5.41, 5.74) is 7.15. The Bertz CT molecular complexity index is 1690. The van der Waals surface area contributed by atoms with E-state index in [0.717, 1.165) is 39.7 Å². The molecular weight excluding hydrogens is 534 g/mol. The van der Waals surface area contributed by atoms with Gasteiger partial charge in [0.05, 0.1) is 16.8 Å². The molecule has 2 aromatic heterocycles. The summed E-state index contributed by atoms with van der Waals surface area (Å²) in [7, 11) is 3.38. The number of aromatic amines is 1. The van der Waals surface area contributed by atoms with E-state index in [4.69, 9.17) is 4.98 Å². The van der Waals surface area contributed by atoms with Gasteiger partial charge in [0.2, 0.25) is 11.6 Å². The number of nitrogens with one attached hydrogen (secondary N) is 1. The van der Waals surface area contributed by atoms with Crippen LogP contribution in [0.1, 0.15) is 17.0 Å². The first-order valence-corrected chi connectivity index (χ1v) is 13.7. The molecule has 0 saturated carbocycles. The van der Waals surface area contributed by atoms with E-state index >= 15 is 0 Å². The smallest absolute Gasteiger partial charge is 0.210 e. The Hall–Kier alpha value is -5.01. The van der Waals surface area contributed by atoms with E-state index in [0.29, 0.717) is 22.4 Å². The number of nitriles is 1. The van der Waals surface area contributed by atoms with Gasteiger partial charge < -0.3 is 15.0 Å². The van der Waals surface area contributed by atoms with Gasteiger partial charge in [-0.05, 0) is 26.0 Å². The fourth-order valence-electron chi connectivity index (χ4n) is 3.72. The zero-order valence-corrected chi connectivity index (χ0v) is 24.0. The van der Waals surface area contributed by atoms with Crippen molar-refractivity contribution < 1.29 is 9.90 Å². The van der Waals surface area contributed by atoms with Gasteiger partial charge in [0.1, 0.15) is 28.8 Å². The summed E-state index contributed by atoms with van der Waals surface area (Å²) in [6, 6.07) is 25.7. The molecule has 5 aromatic rings. The van der Waals surface area contributed by atoms with Gasteiger partial charge in [-0.15, -0.1) is 10.2 Å². The number of fused-ring (bicyclic) bond motifs is 1.